The van der Waals surface area contributed by atoms with E-state index in [0.717, 1.165) is 10.8 Å². The average molecular weight is 336 g/mol. The van der Waals surface area contributed by atoms with Crippen molar-refractivity contribution in [1.29, 1.82) is 0 Å². The van der Waals surface area contributed by atoms with Crippen LogP contribution >= 0.6 is 0 Å². The van der Waals surface area contributed by atoms with Crippen molar-refractivity contribution in [3.8, 4) is 5.75 Å². The molecule has 0 bridgehead atoms. The SMILES string of the molecule is C[C@@H](Oc1ccc2ccccc2c1)C(=O)N/N=C\c1ccc(F)cc1. The molecule has 0 fully saturated rings. The van der Waals surface area contributed by atoms with Gasteiger partial charge in [0.15, 0.2) is 6.10 Å². The van der Waals surface area contributed by atoms with E-state index in [9.17, 15) is 9.18 Å². The molecule has 3 aromatic rings. The van der Waals surface area contributed by atoms with Crippen LogP contribution in [0.25, 0.3) is 10.8 Å². The van der Waals surface area contributed by atoms with E-state index >= 15 is 0 Å². The molecule has 0 saturated carbocycles. The predicted octanol–water partition coefficient (Wildman–Crippen LogP) is 3.90. The van der Waals surface area contributed by atoms with Gasteiger partial charge in [0.2, 0.25) is 0 Å². The van der Waals surface area contributed by atoms with Gasteiger partial charge in [-0.3, -0.25) is 4.79 Å². The molecule has 0 unspecified atom stereocenters. The first kappa shape index (κ1) is 16.6. The minimum Gasteiger partial charge on any atom is -0.481 e. The molecule has 0 spiro atoms. The fourth-order valence-electron chi connectivity index (χ4n) is 2.31. The number of ether oxygens (including phenoxy) is 1. The van der Waals surface area contributed by atoms with Crippen molar-refractivity contribution in [1.82, 2.24) is 5.43 Å². The zero-order chi connectivity index (χ0) is 17.6. The van der Waals surface area contributed by atoms with Crippen LogP contribution in [0.2, 0.25) is 0 Å². The highest BCUT2D eigenvalue weighted by molar-refractivity contribution is 5.85. The summed E-state index contributed by atoms with van der Waals surface area (Å²) in [7, 11) is 0. The monoisotopic (exact) mass is 336 g/mol. The number of halogens is 1. The molecule has 126 valence electrons. The summed E-state index contributed by atoms with van der Waals surface area (Å²) < 4.78 is 18.5. The van der Waals surface area contributed by atoms with Crippen LogP contribution in [0.3, 0.4) is 0 Å². The fraction of sp³-hybridized carbons (Fsp3) is 0.100. The van der Waals surface area contributed by atoms with Gasteiger partial charge in [-0.2, -0.15) is 5.10 Å². The van der Waals surface area contributed by atoms with Gasteiger partial charge in [-0.1, -0.05) is 42.5 Å². The zero-order valence-electron chi connectivity index (χ0n) is 13.6. The summed E-state index contributed by atoms with van der Waals surface area (Å²) in [6.07, 6.45) is 0.742. The molecule has 3 rings (SSSR count). The molecule has 3 aromatic carbocycles. The van der Waals surface area contributed by atoms with E-state index in [1.165, 1.54) is 18.3 Å². The van der Waals surface area contributed by atoms with E-state index in [1.54, 1.807) is 19.1 Å². The fourth-order valence-corrected chi connectivity index (χ4v) is 2.31. The first-order chi connectivity index (χ1) is 12.1. The third kappa shape index (κ3) is 4.41. The van der Waals surface area contributed by atoms with Gasteiger partial charge in [0, 0.05) is 0 Å². The Kier molecular flexibility index (Phi) is 5.04. The Morgan fingerprint density at radius 2 is 1.80 bits per heavy atom. The molecule has 25 heavy (non-hydrogen) atoms. The lowest BCUT2D eigenvalue weighted by Crippen LogP contribution is -2.33. The van der Waals surface area contributed by atoms with E-state index in [1.807, 2.05) is 42.5 Å². The van der Waals surface area contributed by atoms with Crippen LogP contribution in [0.5, 0.6) is 5.75 Å². The Bertz CT molecular complexity index is 907. The molecule has 0 radical (unpaired) electrons. The lowest BCUT2D eigenvalue weighted by molar-refractivity contribution is -0.127. The van der Waals surface area contributed by atoms with Gasteiger partial charge in [-0.05, 0) is 47.5 Å². The van der Waals surface area contributed by atoms with E-state index < -0.39 is 6.10 Å². The largest absolute Gasteiger partial charge is 0.481 e. The topological polar surface area (TPSA) is 50.7 Å². The molecule has 0 aliphatic rings. The van der Waals surface area contributed by atoms with E-state index in [2.05, 4.69) is 10.5 Å². The molecule has 0 aromatic heterocycles. The third-order valence-electron chi connectivity index (χ3n) is 3.66. The summed E-state index contributed by atoms with van der Waals surface area (Å²) in [4.78, 5) is 12.0. The maximum atomic E-state index is 12.8. The zero-order valence-corrected chi connectivity index (χ0v) is 13.6. The molecule has 1 amide bonds. The Balaban J connectivity index is 1.58. The minimum atomic E-state index is -0.702. The second kappa shape index (κ2) is 7.57. The van der Waals surface area contributed by atoms with Crippen LogP contribution in [0.4, 0.5) is 4.39 Å². The van der Waals surface area contributed by atoms with Crippen LogP contribution in [-0.4, -0.2) is 18.2 Å². The number of hydrazone groups is 1. The highest BCUT2D eigenvalue weighted by Crippen LogP contribution is 2.21. The van der Waals surface area contributed by atoms with Gasteiger partial charge in [0.25, 0.3) is 5.91 Å². The Hall–Kier alpha value is -3.21. The normalized spacial score (nSPS) is 12.2. The first-order valence-electron chi connectivity index (χ1n) is 7.86. The maximum Gasteiger partial charge on any atom is 0.280 e. The van der Waals surface area contributed by atoms with Crippen LogP contribution < -0.4 is 10.2 Å². The molecular weight excluding hydrogens is 319 g/mol. The average Bonchev–Trinajstić information content (AvgIpc) is 2.63. The molecule has 1 N–H and O–H groups in total. The number of rotatable bonds is 5. The van der Waals surface area contributed by atoms with Gasteiger partial charge >= 0.3 is 0 Å². The minimum absolute atomic E-state index is 0.321. The van der Waals surface area contributed by atoms with Crippen molar-refractivity contribution >= 4 is 22.9 Å². The van der Waals surface area contributed by atoms with E-state index in [4.69, 9.17) is 4.74 Å². The number of hydrogen-bond acceptors (Lipinski definition) is 3. The number of nitrogens with one attached hydrogen (secondary N) is 1. The van der Waals surface area contributed by atoms with Crippen molar-refractivity contribution in [2.24, 2.45) is 5.10 Å². The van der Waals surface area contributed by atoms with Gasteiger partial charge in [0.05, 0.1) is 6.21 Å². The number of nitrogens with zero attached hydrogens (tertiary/aromatic N) is 1. The number of carbonyl (C=O) groups excluding carboxylic acids is 1. The molecule has 0 aliphatic carbocycles. The molecule has 5 heteroatoms. The third-order valence-corrected chi connectivity index (χ3v) is 3.66. The number of fused-ring (bicyclic) bond motifs is 1. The number of amides is 1. The summed E-state index contributed by atoms with van der Waals surface area (Å²) in [6.45, 7) is 1.65. The number of carbonyl (C=O) groups is 1. The van der Waals surface area contributed by atoms with Crippen LogP contribution in [0.15, 0.2) is 71.8 Å². The highest BCUT2D eigenvalue weighted by Gasteiger charge is 2.14. The summed E-state index contributed by atoms with van der Waals surface area (Å²) in [5.41, 5.74) is 3.10. The molecular formula is C20H17FN2O2. The van der Waals surface area contributed by atoms with Gasteiger partial charge in [0.1, 0.15) is 11.6 Å². The number of hydrogen-bond donors (Lipinski definition) is 1. The Morgan fingerprint density at radius 3 is 2.56 bits per heavy atom. The summed E-state index contributed by atoms with van der Waals surface area (Å²) in [6, 6.07) is 19.4. The second-order valence-electron chi connectivity index (χ2n) is 5.55. The number of benzene rings is 3. The first-order valence-corrected chi connectivity index (χ1v) is 7.86. The van der Waals surface area contributed by atoms with E-state index in [-0.39, 0.29) is 11.7 Å². The molecule has 0 heterocycles. The molecule has 1 atom stereocenters. The van der Waals surface area contributed by atoms with Crippen LogP contribution in [-0.2, 0) is 4.79 Å². The van der Waals surface area contributed by atoms with Crippen molar-refractivity contribution in [3.63, 3.8) is 0 Å². The van der Waals surface area contributed by atoms with Crippen molar-refractivity contribution in [3.05, 3.63) is 78.1 Å². The van der Waals surface area contributed by atoms with Crippen LogP contribution in [0.1, 0.15) is 12.5 Å². The molecule has 0 saturated heterocycles. The van der Waals surface area contributed by atoms with Gasteiger partial charge in [-0.25, -0.2) is 9.82 Å². The summed E-state index contributed by atoms with van der Waals surface area (Å²) in [5.74, 6) is -0.0750. The van der Waals surface area contributed by atoms with Gasteiger partial charge < -0.3 is 4.74 Å². The lowest BCUT2D eigenvalue weighted by Gasteiger charge is -2.13. The Labute approximate surface area is 144 Å². The van der Waals surface area contributed by atoms with Gasteiger partial charge in [-0.15, -0.1) is 0 Å². The highest BCUT2D eigenvalue weighted by atomic mass is 19.1. The van der Waals surface area contributed by atoms with Crippen molar-refractivity contribution in [2.75, 3.05) is 0 Å². The molecule has 4 nitrogen and oxygen atoms in total. The van der Waals surface area contributed by atoms with Crippen molar-refractivity contribution < 1.29 is 13.9 Å². The maximum absolute atomic E-state index is 12.8. The predicted molar refractivity (Wildman–Crippen MR) is 96.2 cm³/mol. The Morgan fingerprint density at radius 1 is 1.08 bits per heavy atom. The van der Waals surface area contributed by atoms with Crippen molar-refractivity contribution in [2.45, 2.75) is 13.0 Å². The summed E-state index contributed by atoms with van der Waals surface area (Å²) in [5, 5.41) is 6.01. The van der Waals surface area contributed by atoms with E-state index in [0.29, 0.717) is 11.3 Å². The lowest BCUT2D eigenvalue weighted by atomic mass is 10.1. The quantitative estimate of drug-likeness (QED) is 0.567. The van der Waals surface area contributed by atoms with Crippen LogP contribution in [0, 0.1) is 5.82 Å². The summed E-state index contributed by atoms with van der Waals surface area (Å²) >= 11 is 0. The molecule has 0 aliphatic heterocycles. The second-order valence-corrected chi connectivity index (χ2v) is 5.55. The smallest absolute Gasteiger partial charge is 0.280 e. The standard InChI is InChI=1S/C20H17FN2O2/c1-14(20(24)23-22-13-15-6-9-18(21)10-7-15)25-19-11-8-16-4-2-3-5-17(16)12-19/h2-14H,1H3,(H,23,24)/b22-13-/t14-/m1/s1.